The molecule has 58 heavy (non-hydrogen) atoms. The molecule has 10 rings (SSSR count). The van der Waals surface area contributed by atoms with E-state index in [9.17, 15) is 19.2 Å². The van der Waals surface area contributed by atoms with Crippen LogP contribution < -0.4 is 11.1 Å². The second kappa shape index (κ2) is 14.8. The molecule has 2 aliphatic heterocycles. The van der Waals surface area contributed by atoms with Gasteiger partial charge in [0.2, 0.25) is 11.8 Å². The molecular formula is C42H45N11O5. The molecule has 1 unspecified atom stereocenters. The van der Waals surface area contributed by atoms with Crippen molar-refractivity contribution in [1.82, 2.24) is 50.1 Å². The molecule has 16 nitrogen and oxygen atoms in total. The number of likely N-dealkylation sites (tertiary alicyclic amines) is 2. The highest BCUT2D eigenvalue weighted by molar-refractivity contribution is 5.92. The van der Waals surface area contributed by atoms with Gasteiger partial charge in [-0.15, -0.1) is 10.2 Å². The van der Waals surface area contributed by atoms with Crippen LogP contribution in [-0.2, 0) is 42.2 Å². The van der Waals surface area contributed by atoms with Crippen molar-refractivity contribution in [3.63, 3.8) is 0 Å². The van der Waals surface area contributed by atoms with E-state index in [4.69, 9.17) is 10.8 Å². The number of aromatic carboxylic acids is 1. The summed E-state index contributed by atoms with van der Waals surface area (Å²) < 4.78 is 3.16. The van der Waals surface area contributed by atoms with Crippen molar-refractivity contribution < 1.29 is 24.3 Å². The Balaban J connectivity index is 0.000000160. The zero-order valence-electron chi connectivity index (χ0n) is 32.1. The Bertz CT molecular complexity index is 2380. The molecule has 3 amide bonds. The molecule has 298 valence electrons. The maximum atomic E-state index is 12.7. The number of carboxylic acids is 1. The van der Waals surface area contributed by atoms with Crippen molar-refractivity contribution in [3.8, 4) is 0 Å². The Hall–Kier alpha value is -6.45. The summed E-state index contributed by atoms with van der Waals surface area (Å²) in [6, 6.07) is 19.8. The largest absolute Gasteiger partial charge is 0.476 e. The first-order chi connectivity index (χ1) is 28.0. The highest BCUT2D eigenvalue weighted by atomic mass is 16.4. The predicted octanol–water partition coefficient (Wildman–Crippen LogP) is 3.77. The highest BCUT2D eigenvalue weighted by Crippen LogP contribution is 2.54. The standard InChI is InChI=1S/C25H27N7O2.C17H18N4O3/c26-22-8-5-18-19(27-22)6-7-20(18)28-23(33)21-15-32(30-29-21)14-17-3-1-16(2-4-17)13-31-12-11-25(9-10-25)24(31)34;22-15(23)14-11-21(19-18-14)10-13-3-1-12(2-4-13)9-20-8-7-17(5-6-17)16(20)24/h1-5,8,15,20H,6-7,9-14H2,(H2,26,27)(H,28,33);1-4,11H,5-10H2,(H,22,23). The summed E-state index contributed by atoms with van der Waals surface area (Å²) in [5.74, 6) is -0.194. The van der Waals surface area contributed by atoms with Gasteiger partial charge in [0.25, 0.3) is 5.91 Å². The molecule has 2 aromatic carbocycles. The summed E-state index contributed by atoms with van der Waals surface area (Å²) in [6.07, 6.45) is 10.9. The minimum Gasteiger partial charge on any atom is -0.476 e. The van der Waals surface area contributed by atoms with E-state index in [1.54, 1.807) is 16.9 Å². The third-order valence-corrected chi connectivity index (χ3v) is 12.3. The minimum absolute atomic E-state index is 0.00508. The molecule has 4 fully saturated rings. The van der Waals surface area contributed by atoms with Crippen LogP contribution in [0, 0.1) is 10.8 Å². The second-order valence-electron chi connectivity index (χ2n) is 16.4. The van der Waals surface area contributed by atoms with E-state index < -0.39 is 5.97 Å². The van der Waals surface area contributed by atoms with E-state index in [2.05, 4.69) is 43.1 Å². The first-order valence-corrected chi connectivity index (χ1v) is 19.9. The number of nitrogen functional groups attached to an aromatic ring is 1. The number of fused-ring (bicyclic) bond motifs is 1. The number of benzene rings is 2. The van der Waals surface area contributed by atoms with Gasteiger partial charge in [0.05, 0.1) is 42.4 Å². The van der Waals surface area contributed by atoms with Gasteiger partial charge in [0, 0.05) is 31.9 Å². The van der Waals surface area contributed by atoms with Crippen LogP contribution in [0.3, 0.4) is 0 Å². The Morgan fingerprint density at radius 1 is 0.690 bits per heavy atom. The van der Waals surface area contributed by atoms with Crippen LogP contribution in [0.15, 0.2) is 73.1 Å². The van der Waals surface area contributed by atoms with Crippen LogP contribution in [-0.4, -0.2) is 86.7 Å². The number of anilines is 1. The molecule has 5 aliphatic rings. The molecule has 5 heterocycles. The van der Waals surface area contributed by atoms with Gasteiger partial charge in [-0.05, 0) is 85.3 Å². The van der Waals surface area contributed by atoms with Gasteiger partial charge in [-0.2, -0.15) is 0 Å². The van der Waals surface area contributed by atoms with Crippen molar-refractivity contribution in [1.29, 1.82) is 0 Å². The van der Waals surface area contributed by atoms with Gasteiger partial charge in [0.15, 0.2) is 11.4 Å². The predicted molar refractivity (Wildman–Crippen MR) is 209 cm³/mol. The molecule has 0 bridgehead atoms. The maximum absolute atomic E-state index is 12.7. The van der Waals surface area contributed by atoms with E-state index in [0.717, 1.165) is 98.0 Å². The number of nitrogens with one attached hydrogen (secondary N) is 1. The van der Waals surface area contributed by atoms with Crippen LogP contribution in [0.4, 0.5) is 5.82 Å². The normalized spacial score (nSPS) is 19.3. The van der Waals surface area contributed by atoms with E-state index in [-0.39, 0.29) is 34.2 Å². The van der Waals surface area contributed by atoms with Gasteiger partial charge in [-0.25, -0.2) is 19.1 Å². The minimum atomic E-state index is -1.08. The molecule has 3 aliphatic carbocycles. The number of aromatic nitrogens is 7. The second-order valence-corrected chi connectivity index (χ2v) is 16.4. The van der Waals surface area contributed by atoms with E-state index in [0.29, 0.717) is 43.8 Å². The van der Waals surface area contributed by atoms with Crippen molar-refractivity contribution in [2.45, 2.75) is 83.6 Å². The van der Waals surface area contributed by atoms with Crippen molar-refractivity contribution in [3.05, 3.63) is 118 Å². The molecule has 5 aromatic rings. The molecule has 2 saturated carbocycles. The molecule has 2 saturated heterocycles. The van der Waals surface area contributed by atoms with Crippen LogP contribution in [0.2, 0.25) is 0 Å². The van der Waals surface area contributed by atoms with Gasteiger partial charge in [-0.1, -0.05) is 65.0 Å². The van der Waals surface area contributed by atoms with E-state index in [1.165, 1.54) is 10.9 Å². The third-order valence-electron chi connectivity index (χ3n) is 12.3. The smallest absolute Gasteiger partial charge is 0.358 e. The summed E-state index contributed by atoms with van der Waals surface area (Å²) >= 11 is 0. The molecule has 3 aromatic heterocycles. The van der Waals surface area contributed by atoms with Gasteiger partial charge in [-0.3, -0.25) is 14.4 Å². The average Bonchev–Trinajstić information content (AvgIpc) is 3.87. The van der Waals surface area contributed by atoms with Gasteiger partial charge >= 0.3 is 5.97 Å². The average molecular weight is 784 g/mol. The van der Waals surface area contributed by atoms with Gasteiger partial charge in [0.1, 0.15) is 5.82 Å². The number of nitrogens with two attached hydrogens (primary N) is 1. The van der Waals surface area contributed by atoms with Crippen molar-refractivity contribution in [2.75, 3.05) is 18.8 Å². The summed E-state index contributed by atoms with van der Waals surface area (Å²) in [5.41, 5.74) is 12.2. The summed E-state index contributed by atoms with van der Waals surface area (Å²) in [5, 5.41) is 27.5. The SMILES string of the molecule is Nc1ccc2c(n1)CCC2NC(=O)c1cn(Cc2ccc(CN3CCC4(CC4)C3=O)cc2)nn1.O=C(O)c1cn(Cc2ccc(CN3CCC4(CC4)C3=O)cc2)nn1. The van der Waals surface area contributed by atoms with Crippen molar-refractivity contribution >= 4 is 29.5 Å². The first kappa shape index (κ1) is 37.1. The summed E-state index contributed by atoms with van der Waals surface area (Å²) in [4.78, 5) is 56.7. The van der Waals surface area contributed by atoms with Crippen LogP contribution in [0.5, 0.6) is 0 Å². The number of carbonyl (C=O) groups is 4. The fourth-order valence-corrected chi connectivity index (χ4v) is 8.45. The lowest BCUT2D eigenvalue weighted by Crippen LogP contribution is -2.27. The zero-order chi connectivity index (χ0) is 40.0. The Morgan fingerprint density at radius 3 is 1.64 bits per heavy atom. The Kier molecular flexibility index (Phi) is 9.48. The lowest BCUT2D eigenvalue weighted by atomic mass is 10.1. The number of aryl methyl sites for hydroxylation is 1. The van der Waals surface area contributed by atoms with Crippen LogP contribution >= 0.6 is 0 Å². The summed E-state index contributed by atoms with van der Waals surface area (Å²) in [7, 11) is 0. The molecule has 0 radical (unpaired) electrons. The topological polar surface area (TPSA) is 207 Å². The number of rotatable bonds is 11. The fourth-order valence-electron chi connectivity index (χ4n) is 8.45. The van der Waals surface area contributed by atoms with Crippen LogP contribution in [0.25, 0.3) is 0 Å². The molecule has 2 spiro atoms. The van der Waals surface area contributed by atoms with E-state index in [1.807, 2.05) is 52.3 Å². The number of pyridine rings is 1. The van der Waals surface area contributed by atoms with Crippen molar-refractivity contribution in [2.24, 2.45) is 10.8 Å². The van der Waals surface area contributed by atoms with Crippen LogP contribution in [0.1, 0.15) is 105 Å². The Morgan fingerprint density at radius 2 is 1.17 bits per heavy atom. The number of nitrogens with zero attached hydrogens (tertiary/aromatic N) is 9. The lowest BCUT2D eigenvalue weighted by Gasteiger charge is -2.16. The number of carbonyl (C=O) groups excluding carboxylic acids is 3. The quantitative estimate of drug-likeness (QED) is 0.176. The summed E-state index contributed by atoms with van der Waals surface area (Å²) in [6.45, 7) is 4.03. The van der Waals surface area contributed by atoms with E-state index >= 15 is 0 Å². The Labute approximate surface area is 334 Å². The molecular weight excluding hydrogens is 739 g/mol. The monoisotopic (exact) mass is 783 g/mol. The zero-order valence-corrected chi connectivity index (χ0v) is 32.1. The molecule has 1 atom stereocenters. The highest BCUT2D eigenvalue weighted by Gasteiger charge is 2.56. The number of hydrogen-bond donors (Lipinski definition) is 3. The van der Waals surface area contributed by atoms with Gasteiger partial charge < -0.3 is 26.0 Å². The molecule has 16 heteroatoms. The fraction of sp³-hybridized carbons (Fsp3) is 0.405. The molecule has 4 N–H and O–H groups in total. The third kappa shape index (κ3) is 7.65. The lowest BCUT2D eigenvalue weighted by molar-refractivity contribution is -0.133. The first-order valence-electron chi connectivity index (χ1n) is 19.9. The number of carboxylic acid groups (broad SMARTS) is 1. The number of amides is 3. The maximum Gasteiger partial charge on any atom is 0.358 e. The number of hydrogen-bond acceptors (Lipinski definition) is 10.